The van der Waals surface area contributed by atoms with Gasteiger partial charge in [-0.05, 0) is 6.07 Å². The Morgan fingerprint density at radius 3 is 2.50 bits per heavy atom. The molecule has 0 aromatic carbocycles. The SMILES string of the molecule is CC(C)(C)c1cc(NS(=O)(=O)c2cncc(F)c2)n[nH]1. The first-order valence-electron chi connectivity index (χ1n) is 5.88. The van der Waals surface area contributed by atoms with E-state index in [1.807, 2.05) is 20.8 Å². The zero-order chi connectivity index (χ0) is 15.0. The molecule has 0 amide bonds. The van der Waals surface area contributed by atoms with E-state index in [1.165, 1.54) is 0 Å². The second kappa shape index (κ2) is 4.86. The Hall–Kier alpha value is -1.96. The van der Waals surface area contributed by atoms with Crippen molar-refractivity contribution in [3.8, 4) is 0 Å². The van der Waals surface area contributed by atoms with E-state index in [-0.39, 0.29) is 16.1 Å². The van der Waals surface area contributed by atoms with Crippen LogP contribution in [0.1, 0.15) is 26.5 Å². The number of rotatable bonds is 3. The summed E-state index contributed by atoms with van der Waals surface area (Å²) >= 11 is 0. The van der Waals surface area contributed by atoms with Crippen LogP contribution in [0.5, 0.6) is 0 Å². The van der Waals surface area contributed by atoms with Crippen LogP contribution >= 0.6 is 0 Å². The molecule has 0 bridgehead atoms. The van der Waals surface area contributed by atoms with Gasteiger partial charge in [-0.1, -0.05) is 20.8 Å². The monoisotopic (exact) mass is 298 g/mol. The molecule has 2 aromatic heterocycles. The molecule has 0 aliphatic carbocycles. The molecule has 0 radical (unpaired) electrons. The summed E-state index contributed by atoms with van der Waals surface area (Å²) in [7, 11) is -3.90. The van der Waals surface area contributed by atoms with Crippen molar-refractivity contribution in [2.75, 3.05) is 4.72 Å². The number of halogens is 1. The molecular weight excluding hydrogens is 283 g/mol. The second-order valence-electron chi connectivity index (χ2n) is 5.36. The lowest BCUT2D eigenvalue weighted by Crippen LogP contribution is -2.14. The van der Waals surface area contributed by atoms with Crippen molar-refractivity contribution in [2.45, 2.75) is 31.1 Å². The number of H-pyrrole nitrogens is 1. The second-order valence-corrected chi connectivity index (χ2v) is 7.04. The number of nitrogens with one attached hydrogen (secondary N) is 2. The highest BCUT2D eigenvalue weighted by Gasteiger charge is 2.20. The topological polar surface area (TPSA) is 87.7 Å². The van der Waals surface area contributed by atoms with Gasteiger partial charge in [-0.3, -0.25) is 14.8 Å². The fourth-order valence-corrected chi connectivity index (χ4v) is 2.46. The molecule has 0 atom stereocenters. The Balaban J connectivity index is 2.27. The van der Waals surface area contributed by atoms with Gasteiger partial charge in [0.2, 0.25) is 0 Å². The molecule has 6 nitrogen and oxygen atoms in total. The van der Waals surface area contributed by atoms with Crippen LogP contribution < -0.4 is 4.72 Å². The lowest BCUT2D eigenvalue weighted by molar-refractivity contribution is 0.567. The first-order chi connectivity index (χ1) is 9.18. The standard InChI is InChI=1S/C12H15FN4O2S/c1-12(2,3)10-5-11(16-15-10)17-20(18,19)9-4-8(13)6-14-7-9/h4-7H,1-3H3,(H2,15,16,17). The van der Waals surface area contributed by atoms with Crippen LogP contribution in [0.25, 0.3) is 0 Å². The lowest BCUT2D eigenvalue weighted by Gasteiger charge is -2.14. The van der Waals surface area contributed by atoms with Gasteiger partial charge in [0.25, 0.3) is 10.0 Å². The number of aromatic nitrogens is 3. The molecule has 2 heterocycles. The minimum atomic E-state index is -3.90. The number of nitrogens with zero attached hydrogens (tertiary/aromatic N) is 2. The molecule has 0 spiro atoms. The number of hydrogen-bond donors (Lipinski definition) is 2. The van der Waals surface area contributed by atoms with Crippen molar-refractivity contribution >= 4 is 15.8 Å². The highest BCUT2D eigenvalue weighted by molar-refractivity contribution is 7.92. The minimum Gasteiger partial charge on any atom is -0.280 e. The van der Waals surface area contributed by atoms with Crippen LogP contribution in [0, 0.1) is 5.82 Å². The lowest BCUT2D eigenvalue weighted by atomic mass is 9.92. The third-order valence-electron chi connectivity index (χ3n) is 2.61. The van der Waals surface area contributed by atoms with Crippen molar-refractivity contribution in [1.29, 1.82) is 0 Å². The van der Waals surface area contributed by atoms with Gasteiger partial charge in [0.05, 0.1) is 6.20 Å². The van der Waals surface area contributed by atoms with Crippen LogP contribution in [0.4, 0.5) is 10.2 Å². The summed E-state index contributed by atoms with van der Waals surface area (Å²) in [6, 6.07) is 2.50. The van der Waals surface area contributed by atoms with Gasteiger partial charge in [-0.25, -0.2) is 12.8 Å². The van der Waals surface area contributed by atoms with Gasteiger partial charge < -0.3 is 0 Å². The highest BCUT2D eigenvalue weighted by Crippen LogP contribution is 2.23. The first kappa shape index (κ1) is 14.4. The molecule has 108 valence electrons. The molecule has 20 heavy (non-hydrogen) atoms. The largest absolute Gasteiger partial charge is 0.280 e. The third-order valence-corrected chi connectivity index (χ3v) is 3.94. The summed E-state index contributed by atoms with van der Waals surface area (Å²) in [5, 5.41) is 6.65. The molecule has 2 N–H and O–H groups in total. The van der Waals surface area contributed by atoms with E-state index in [0.29, 0.717) is 0 Å². The van der Waals surface area contributed by atoms with Crippen LogP contribution in [0.3, 0.4) is 0 Å². The molecule has 0 saturated carbocycles. The molecule has 0 saturated heterocycles. The summed E-state index contributed by atoms with van der Waals surface area (Å²) in [5.41, 5.74) is 0.601. The van der Waals surface area contributed by atoms with E-state index in [9.17, 15) is 12.8 Å². The zero-order valence-electron chi connectivity index (χ0n) is 11.3. The van der Waals surface area contributed by atoms with E-state index >= 15 is 0 Å². The number of sulfonamides is 1. The van der Waals surface area contributed by atoms with Gasteiger partial charge >= 0.3 is 0 Å². The molecule has 8 heteroatoms. The van der Waals surface area contributed by atoms with E-state index < -0.39 is 15.8 Å². The summed E-state index contributed by atoms with van der Waals surface area (Å²) in [4.78, 5) is 3.26. The number of hydrogen-bond acceptors (Lipinski definition) is 4. The fraction of sp³-hybridized carbons (Fsp3) is 0.333. The summed E-state index contributed by atoms with van der Waals surface area (Å²) in [5.74, 6) is -0.565. The Labute approximate surface area is 116 Å². The van der Waals surface area contributed by atoms with Crippen molar-refractivity contribution in [2.24, 2.45) is 0 Å². The normalized spacial score (nSPS) is 12.4. The van der Waals surface area contributed by atoms with Crippen molar-refractivity contribution < 1.29 is 12.8 Å². The molecule has 0 unspecified atom stereocenters. The predicted molar refractivity (Wildman–Crippen MR) is 72.3 cm³/mol. The summed E-state index contributed by atoms with van der Waals surface area (Å²) in [6.07, 6.45) is 2.01. The number of pyridine rings is 1. The Morgan fingerprint density at radius 1 is 1.25 bits per heavy atom. The van der Waals surface area contributed by atoms with Gasteiger partial charge in [-0.2, -0.15) is 5.10 Å². The zero-order valence-corrected chi connectivity index (χ0v) is 12.1. The molecule has 2 rings (SSSR count). The Bertz CT molecular complexity index is 719. The minimum absolute atomic E-state index is 0.152. The number of aromatic amines is 1. The quantitative estimate of drug-likeness (QED) is 0.907. The predicted octanol–water partition coefficient (Wildman–Crippen LogP) is 2.04. The van der Waals surface area contributed by atoms with E-state index in [4.69, 9.17) is 0 Å². The van der Waals surface area contributed by atoms with E-state index in [0.717, 1.165) is 24.2 Å². The molecule has 2 aromatic rings. The van der Waals surface area contributed by atoms with Crippen LogP contribution in [0.15, 0.2) is 29.4 Å². The Kier molecular flexibility index (Phi) is 3.51. The van der Waals surface area contributed by atoms with Crippen molar-refractivity contribution in [1.82, 2.24) is 15.2 Å². The summed E-state index contributed by atoms with van der Waals surface area (Å²) < 4.78 is 39.4. The molecular formula is C12H15FN4O2S. The summed E-state index contributed by atoms with van der Waals surface area (Å²) in [6.45, 7) is 5.90. The van der Waals surface area contributed by atoms with Gasteiger partial charge in [0.1, 0.15) is 10.7 Å². The third kappa shape index (κ3) is 3.13. The smallest absolute Gasteiger partial charge is 0.264 e. The highest BCUT2D eigenvalue weighted by atomic mass is 32.2. The molecule has 0 aliphatic heterocycles. The van der Waals surface area contributed by atoms with Gasteiger partial charge in [-0.15, -0.1) is 0 Å². The van der Waals surface area contributed by atoms with Crippen LogP contribution in [0.2, 0.25) is 0 Å². The molecule has 0 fully saturated rings. The van der Waals surface area contributed by atoms with E-state index in [1.54, 1.807) is 6.07 Å². The fourth-order valence-electron chi connectivity index (χ4n) is 1.49. The van der Waals surface area contributed by atoms with Crippen LogP contribution in [-0.4, -0.2) is 23.6 Å². The first-order valence-corrected chi connectivity index (χ1v) is 7.36. The molecule has 0 aliphatic rings. The van der Waals surface area contributed by atoms with E-state index in [2.05, 4.69) is 19.9 Å². The Morgan fingerprint density at radius 2 is 1.95 bits per heavy atom. The average molecular weight is 298 g/mol. The van der Waals surface area contributed by atoms with Crippen molar-refractivity contribution in [3.63, 3.8) is 0 Å². The van der Waals surface area contributed by atoms with Gasteiger partial charge in [0, 0.05) is 23.4 Å². The van der Waals surface area contributed by atoms with Crippen LogP contribution in [-0.2, 0) is 15.4 Å². The van der Waals surface area contributed by atoms with Gasteiger partial charge in [0.15, 0.2) is 5.82 Å². The maximum atomic E-state index is 13.0. The number of anilines is 1. The maximum Gasteiger partial charge on any atom is 0.264 e. The maximum absolute atomic E-state index is 13.0. The average Bonchev–Trinajstić information content (AvgIpc) is 2.76. The van der Waals surface area contributed by atoms with Crippen molar-refractivity contribution in [3.05, 3.63) is 36.0 Å².